The number of H-pyrrole nitrogens is 1. The average Bonchev–Trinajstić information content (AvgIpc) is 2.91. The summed E-state index contributed by atoms with van der Waals surface area (Å²) in [7, 11) is 0. The molecule has 1 heterocycles. The molecule has 0 radical (unpaired) electrons. The minimum atomic E-state index is -0.154. The molecule has 0 saturated carbocycles. The molecule has 2 aromatic carbocycles. The molecule has 5 heteroatoms. The first-order valence-electron chi connectivity index (χ1n) is 6.23. The Kier molecular flexibility index (Phi) is 3.35. The Hall–Kier alpha value is -2.77. The van der Waals surface area contributed by atoms with Crippen LogP contribution >= 0.6 is 11.6 Å². The number of para-hydroxylation sites is 2. The summed E-state index contributed by atoms with van der Waals surface area (Å²) in [5.41, 5.74) is 2.09. The normalized spacial score (nSPS) is 12.0. The molecule has 0 atom stereocenters. The van der Waals surface area contributed by atoms with Crippen LogP contribution in [0.5, 0.6) is 0 Å². The number of nitrogens with one attached hydrogen (secondary N) is 1. The highest BCUT2D eigenvalue weighted by Crippen LogP contribution is 2.25. The van der Waals surface area contributed by atoms with E-state index in [0.29, 0.717) is 16.4 Å². The zero-order chi connectivity index (χ0) is 14.8. The zero-order valence-electron chi connectivity index (χ0n) is 10.8. The van der Waals surface area contributed by atoms with Gasteiger partial charge < -0.3 is 10.1 Å². The third-order valence-corrected chi connectivity index (χ3v) is 3.31. The van der Waals surface area contributed by atoms with E-state index in [0.717, 1.165) is 11.0 Å². The lowest BCUT2D eigenvalue weighted by Gasteiger charge is -2.03. The van der Waals surface area contributed by atoms with Crippen LogP contribution in [0.1, 0.15) is 11.4 Å². The van der Waals surface area contributed by atoms with Crippen molar-refractivity contribution in [2.75, 3.05) is 0 Å². The molecule has 102 valence electrons. The Morgan fingerprint density at radius 3 is 2.71 bits per heavy atom. The van der Waals surface area contributed by atoms with Crippen molar-refractivity contribution in [1.82, 2.24) is 9.97 Å². The van der Waals surface area contributed by atoms with E-state index in [1.165, 1.54) is 0 Å². The van der Waals surface area contributed by atoms with E-state index in [9.17, 15) is 10.4 Å². The van der Waals surface area contributed by atoms with Crippen molar-refractivity contribution in [3.05, 3.63) is 64.9 Å². The number of allylic oxidation sites excluding steroid dienone is 1. The van der Waals surface area contributed by atoms with Crippen LogP contribution in [0, 0.1) is 11.3 Å². The first-order valence-corrected chi connectivity index (χ1v) is 6.61. The maximum atomic E-state index is 10.3. The standard InChI is InChI=1S/C16H10ClN3O/c17-11-5-3-4-10(8-11)15(21)12(9-18)16-19-13-6-1-2-7-14(13)20-16/h1-8,21H,(H,19,20). The van der Waals surface area contributed by atoms with Crippen molar-refractivity contribution >= 4 is 34.0 Å². The maximum Gasteiger partial charge on any atom is 0.153 e. The van der Waals surface area contributed by atoms with Gasteiger partial charge in [-0.2, -0.15) is 5.26 Å². The van der Waals surface area contributed by atoms with Gasteiger partial charge in [-0.25, -0.2) is 4.98 Å². The molecular weight excluding hydrogens is 286 g/mol. The highest BCUT2D eigenvalue weighted by molar-refractivity contribution is 6.30. The number of nitrogens with zero attached hydrogens (tertiary/aromatic N) is 2. The molecule has 21 heavy (non-hydrogen) atoms. The number of aliphatic hydroxyl groups is 1. The molecule has 0 aliphatic rings. The number of hydrogen-bond acceptors (Lipinski definition) is 3. The number of hydrogen-bond donors (Lipinski definition) is 2. The van der Waals surface area contributed by atoms with Gasteiger partial charge in [-0.15, -0.1) is 0 Å². The van der Waals surface area contributed by atoms with Crippen LogP contribution in [-0.2, 0) is 0 Å². The van der Waals surface area contributed by atoms with Gasteiger partial charge in [-0.3, -0.25) is 0 Å². The SMILES string of the molecule is N#CC(=C(O)c1cccc(Cl)c1)c1nc2ccccc2[nH]1. The third kappa shape index (κ3) is 2.47. The Balaban J connectivity index is 2.17. The predicted octanol–water partition coefficient (Wildman–Crippen LogP) is 4.17. The Morgan fingerprint density at radius 1 is 1.19 bits per heavy atom. The number of aliphatic hydroxyl groups excluding tert-OH is 1. The Labute approximate surface area is 125 Å². The van der Waals surface area contributed by atoms with Crippen LogP contribution in [0.15, 0.2) is 48.5 Å². The summed E-state index contributed by atoms with van der Waals surface area (Å²) in [6.45, 7) is 0. The van der Waals surface area contributed by atoms with Gasteiger partial charge in [0.15, 0.2) is 5.82 Å². The van der Waals surface area contributed by atoms with Crippen molar-refractivity contribution in [1.29, 1.82) is 5.26 Å². The lowest BCUT2D eigenvalue weighted by Crippen LogP contribution is -1.92. The topological polar surface area (TPSA) is 72.7 Å². The summed E-state index contributed by atoms with van der Waals surface area (Å²) in [4.78, 5) is 7.35. The van der Waals surface area contributed by atoms with Crippen molar-refractivity contribution in [3.8, 4) is 6.07 Å². The first-order chi connectivity index (χ1) is 10.2. The average molecular weight is 296 g/mol. The van der Waals surface area contributed by atoms with E-state index in [1.54, 1.807) is 24.3 Å². The lowest BCUT2D eigenvalue weighted by molar-refractivity contribution is 0.514. The minimum absolute atomic E-state index is 0.0773. The zero-order valence-corrected chi connectivity index (χ0v) is 11.6. The molecule has 0 aliphatic heterocycles. The number of nitriles is 1. The molecule has 0 aliphatic carbocycles. The first kappa shape index (κ1) is 13.2. The van der Waals surface area contributed by atoms with Gasteiger partial charge in [0.05, 0.1) is 11.0 Å². The molecule has 0 unspecified atom stereocenters. The van der Waals surface area contributed by atoms with Crippen molar-refractivity contribution in [2.45, 2.75) is 0 Å². The van der Waals surface area contributed by atoms with E-state index in [1.807, 2.05) is 30.3 Å². The number of imidazole rings is 1. The van der Waals surface area contributed by atoms with Gasteiger partial charge in [-0.1, -0.05) is 35.9 Å². The summed E-state index contributed by atoms with van der Waals surface area (Å²) in [6.07, 6.45) is 0. The molecule has 4 nitrogen and oxygen atoms in total. The van der Waals surface area contributed by atoms with E-state index >= 15 is 0 Å². The largest absolute Gasteiger partial charge is 0.506 e. The van der Waals surface area contributed by atoms with Crippen molar-refractivity contribution in [2.24, 2.45) is 0 Å². The number of aromatic amines is 1. The van der Waals surface area contributed by atoms with Crippen LogP contribution in [0.4, 0.5) is 0 Å². The second-order valence-corrected chi connectivity index (χ2v) is 4.88. The third-order valence-electron chi connectivity index (χ3n) is 3.07. The number of halogens is 1. The van der Waals surface area contributed by atoms with E-state index in [4.69, 9.17) is 11.6 Å². The van der Waals surface area contributed by atoms with Crippen LogP contribution in [-0.4, -0.2) is 15.1 Å². The van der Waals surface area contributed by atoms with Gasteiger partial charge in [0.25, 0.3) is 0 Å². The lowest BCUT2D eigenvalue weighted by atomic mass is 10.1. The Morgan fingerprint density at radius 2 is 2.00 bits per heavy atom. The van der Waals surface area contributed by atoms with Gasteiger partial charge in [0.2, 0.25) is 0 Å². The molecule has 0 amide bonds. The summed E-state index contributed by atoms with van der Waals surface area (Å²) in [5, 5.41) is 20.2. The van der Waals surface area contributed by atoms with Crippen molar-refractivity contribution in [3.63, 3.8) is 0 Å². The van der Waals surface area contributed by atoms with Crippen LogP contribution in [0.25, 0.3) is 22.4 Å². The molecule has 0 saturated heterocycles. The molecule has 3 rings (SSSR count). The molecular formula is C16H10ClN3O. The second-order valence-electron chi connectivity index (χ2n) is 4.45. The number of aromatic nitrogens is 2. The second kappa shape index (κ2) is 5.31. The summed E-state index contributed by atoms with van der Waals surface area (Å²) >= 11 is 5.91. The molecule has 1 aromatic heterocycles. The van der Waals surface area contributed by atoms with Crippen LogP contribution < -0.4 is 0 Å². The summed E-state index contributed by atoms with van der Waals surface area (Å²) in [5.74, 6) is 0.176. The fourth-order valence-corrected chi connectivity index (χ4v) is 2.26. The van der Waals surface area contributed by atoms with Crippen LogP contribution in [0.3, 0.4) is 0 Å². The van der Waals surface area contributed by atoms with Crippen molar-refractivity contribution < 1.29 is 5.11 Å². The van der Waals surface area contributed by atoms with Crippen LogP contribution in [0.2, 0.25) is 5.02 Å². The molecule has 0 spiro atoms. The highest BCUT2D eigenvalue weighted by atomic mass is 35.5. The van der Waals surface area contributed by atoms with Gasteiger partial charge in [-0.05, 0) is 24.3 Å². The number of rotatable bonds is 2. The van der Waals surface area contributed by atoms with E-state index in [2.05, 4.69) is 9.97 Å². The highest BCUT2D eigenvalue weighted by Gasteiger charge is 2.14. The molecule has 2 N–H and O–H groups in total. The Bertz CT molecular complexity index is 857. The molecule has 0 bridgehead atoms. The smallest absolute Gasteiger partial charge is 0.153 e. The summed E-state index contributed by atoms with van der Waals surface area (Å²) in [6, 6.07) is 16.1. The number of benzene rings is 2. The minimum Gasteiger partial charge on any atom is -0.506 e. The summed E-state index contributed by atoms with van der Waals surface area (Å²) < 4.78 is 0. The fourth-order valence-electron chi connectivity index (χ4n) is 2.07. The molecule has 0 fully saturated rings. The van der Waals surface area contributed by atoms with E-state index < -0.39 is 0 Å². The fraction of sp³-hybridized carbons (Fsp3) is 0. The van der Waals surface area contributed by atoms with E-state index in [-0.39, 0.29) is 11.3 Å². The van der Waals surface area contributed by atoms with Gasteiger partial charge in [0.1, 0.15) is 17.4 Å². The monoisotopic (exact) mass is 295 g/mol. The maximum absolute atomic E-state index is 10.3. The van der Waals surface area contributed by atoms with Gasteiger partial charge in [0, 0.05) is 10.6 Å². The quantitative estimate of drug-likeness (QED) is 0.550. The van der Waals surface area contributed by atoms with Gasteiger partial charge >= 0.3 is 0 Å². The molecule has 3 aromatic rings. The predicted molar refractivity (Wildman–Crippen MR) is 82.6 cm³/mol. The number of fused-ring (bicyclic) bond motifs is 1.